The van der Waals surface area contributed by atoms with E-state index in [1.54, 1.807) is 56.6 Å². The van der Waals surface area contributed by atoms with Crippen LogP contribution in [0.5, 0.6) is 0 Å². The highest BCUT2D eigenvalue weighted by molar-refractivity contribution is 5.81. The van der Waals surface area contributed by atoms with Crippen LogP contribution < -0.4 is 5.69 Å². The van der Waals surface area contributed by atoms with Gasteiger partial charge in [0.25, 0.3) is 0 Å². The standard InChI is InChI=1S/C26H20N8O2/c1-28-19-6-7-21-22(12-19)33(16-30-21)25-29-14-23-24(31-25)34(20-8-10-36-11-9-20)26(35)32(23)15-18-4-2-17(13-27)3-5-18/h2-7,12,14,16,20H,8-11,15H2. The van der Waals surface area contributed by atoms with Crippen molar-refractivity contribution in [1.82, 2.24) is 28.7 Å². The molecule has 36 heavy (non-hydrogen) atoms. The van der Waals surface area contributed by atoms with Gasteiger partial charge in [0.2, 0.25) is 5.95 Å². The summed E-state index contributed by atoms with van der Waals surface area (Å²) in [5, 5.41) is 9.09. The average molecular weight is 477 g/mol. The fourth-order valence-electron chi connectivity index (χ4n) is 4.68. The molecular formula is C26H20N8O2. The zero-order valence-corrected chi connectivity index (χ0v) is 19.2. The molecule has 10 nitrogen and oxygen atoms in total. The highest BCUT2D eigenvalue weighted by atomic mass is 16.5. The number of hydrogen-bond donors (Lipinski definition) is 0. The van der Waals surface area contributed by atoms with E-state index in [1.807, 2.05) is 12.1 Å². The second-order valence-corrected chi connectivity index (χ2v) is 8.67. The van der Waals surface area contributed by atoms with E-state index in [-0.39, 0.29) is 11.7 Å². The number of nitrogens with zero attached hydrogens (tertiary/aromatic N) is 8. The molecule has 6 rings (SSSR count). The largest absolute Gasteiger partial charge is 0.381 e. The lowest BCUT2D eigenvalue weighted by Crippen LogP contribution is -2.31. The average Bonchev–Trinajstić information content (AvgIpc) is 3.47. The molecule has 0 aliphatic carbocycles. The van der Waals surface area contributed by atoms with Gasteiger partial charge in [0, 0.05) is 19.3 Å². The van der Waals surface area contributed by atoms with E-state index < -0.39 is 0 Å². The van der Waals surface area contributed by atoms with Crippen molar-refractivity contribution in [3.8, 4) is 12.0 Å². The van der Waals surface area contributed by atoms with Gasteiger partial charge in [-0.05, 0) is 42.7 Å². The topological polar surface area (TPSA) is 108 Å². The van der Waals surface area contributed by atoms with Gasteiger partial charge in [-0.3, -0.25) is 13.7 Å². The minimum absolute atomic E-state index is 0.0352. The minimum atomic E-state index is -0.154. The fourth-order valence-corrected chi connectivity index (χ4v) is 4.68. The van der Waals surface area contributed by atoms with Crippen LogP contribution in [0.4, 0.5) is 5.69 Å². The van der Waals surface area contributed by atoms with E-state index in [4.69, 9.17) is 21.6 Å². The van der Waals surface area contributed by atoms with Gasteiger partial charge in [0.15, 0.2) is 11.3 Å². The van der Waals surface area contributed by atoms with Gasteiger partial charge < -0.3 is 4.74 Å². The summed E-state index contributed by atoms with van der Waals surface area (Å²) < 4.78 is 10.7. The molecule has 1 aliphatic heterocycles. The van der Waals surface area contributed by atoms with E-state index in [0.29, 0.717) is 48.1 Å². The molecule has 0 N–H and O–H groups in total. The smallest absolute Gasteiger partial charge is 0.330 e. The molecule has 3 aromatic heterocycles. The molecule has 4 heterocycles. The lowest BCUT2D eigenvalue weighted by atomic mass is 10.1. The third-order valence-electron chi connectivity index (χ3n) is 6.55. The highest BCUT2D eigenvalue weighted by Crippen LogP contribution is 2.26. The molecule has 1 saturated heterocycles. The number of nitriles is 1. The number of fused-ring (bicyclic) bond motifs is 2. The van der Waals surface area contributed by atoms with E-state index in [0.717, 1.165) is 29.4 Å². The summed E-state index contributed by atoms with van der Waals surface area (Å²) in [6, 6.07) is 14.5. The predicted molar refractivity (Wildman–Crippen MR) is 132 cm³/mol. The van der Waals surface area contributed by atoms with Crippen molar-refractivity contribution in [3.05, 3.63) is 88.0 Å². The number of rotatable bonds is 4. The van der Waals surface area contributed by atoms with E-state index >= 15 is 0 Å². The van der Waals surface area contributed by atoms with Crippen LogP contribution in [0.25, 0.3) is 33.0 Å². The summed E-state index contributed by atoms with van der Waals surface area (Å²) in [4.78, 5) is 31.1. The van der Waals surface area contributed by atoms with Crippen LogP contribution in [0.1, 0.15) is 30.0 Å². The van der Waals surface area contributed by atoms with Gasteiger partial charge in [-0.25, -0.2) is 19.6 Å². The predicted octanol–water partition coefficient (Wildman–Crippen LogP) is 3.75. The SMILES string of the molecule is [C-]#[N+]c1ccc2ncn(-c3ncc4c(n3)n(C3CCOCC3)c(=O)n4Cc3ccc(C#N)cc3)c2c1. The summed E-state index contributed by atoms with van der Waals surface area (Å²) in [5.41, 5.74) is 4.44. The van der Waals surface area contributed by atoms with Crippen molar-refractivity contribution in [1.29, 1.82) is 5.26 Å². The van der Waals surface area contributed by atoms with E-state index in [1.165, 1.54) is 0 Å². The summed E-state index contributed by atoms with van der Waals surface area (Å²) >= 11 is 0. The number of benzene rings is 2. The summed E-state index contributed by atoms with van der Waals surface area (Å²) in [5.74, 6) is 0.378. The van der Waals surface area contributed by atoms with Gasteiger partial charge >= 0.3 is 5.69 Å². The Kier molecular flexibility index (Phi) is 5.29. The van der Waals surface area contributed by atoms with Crippen molar-refractivity contribution in [2.24, 2.45) is 0 Å². The molecule has 2 aromatic carbocycles. The second kappa shape index (κ2) is 8.77. The normalized spacial score (nSPS) is 14.2. The Morgan fingerprint density at radius 2 is 1.92 bits per heavy atom. The van der Waals surface area contributed by atoms with Crippen LogP contribution in [0.3, 0.4) is 0 Å². The Balaban J connectivity index is 1.52. The minimum Gasteiger partial charge on any atom is -0.381 e. The second-order valence-electron chi connectivity index (χ2n) is 8.67. The van der Waals surface area contributed by atoms with Crippen LogP contribution in [-0.2, 0) is 11.3 Å². The zero-order valence-electron chi connectivity index (χ0n) is 19.2. The summed E-state index contributed by atoms with van der Waals surface area (Å²) in [7, 11) is 0. The molecule has 0 spiro atoms. The van der Waals surface area contributed by atoms with Gasteiger partial charge in [-0.2, -0.15) is 10.2 Å². The molecule has 0 atom stereocenters. The molecule has 0 saturated carbocycles. The number of aromatic nitrogens is 6. The summed E-state index contributed by atoms with van der Waals surface area (Å²) in [6.07, 6.45) is 4.74. The molecule has 1 fully saturated rings. The van der Waals surface area contributed by atoms with Crippen LogP contribution in [0.15, 0.2) is 59.8 Å². The lowest BCUT2D eigenvalue weighted by Gasteiger charge is -2.22. The van der Waals surface area contributed by atoms with Crippen molar-refractivity contribution in [2.45, 2.75) is 25.4 Å². The van der Waals surface area contributed by atoms with E-state index in [9.17, 15) is 4.79 Å². The Labute approximate surface area is 205 Å². The molecule has 0 unspecified atom stereocenters. The van der Waals surface area contributed by atoms with Crippen molar-refractivity contribution >= 4 is 27.9 Å². The third kappa shape index (κ3) is 3.61. The van der Waals surface area contributed by atoms with Gasteiger partial charge in [0.05, 0.1) is 42.0 Å². The van der Waals surface area contributed by atoms with Crippen molar-refractivity contribution in [3.63, 3.8) is 0 Å². The maximum absolute atomic E-state index is 13.7. The Morgan fingerprint density at radius 3 is 2.67 bits per heavy atom. The number of hydrogen-bond acceptors (Lipinski definition) is 6. The first-order valence-electron chi connectivity index (χ1n) is 11.6. The summed E-state index contributed by atoms with van der Waals surface area (Å²) in [6.45, 7) is 8.84. The van der Waals surface area contributed by atoms with Gasteiger partial charge in [-0.15, -0.1) is 0 Å². The molecular weight excluding hydrogens is 456 g/mol. The van der Waals surface area contributed by atoms with Crippen LogP contribution in [-0.4, -0.2) is 41.9 Å². The first-order valence-corrected chi connectivity index (χ1v) is 11.6. The van der Waals surface area contributed by atoms with Gasteiger partial charge in [-0.1, -0.05) is 18.2 Å². The molecule has 10 heteroatoms. The zero-order chi connectivity index (χ0) is 24.6. The molecule has 0 radical (unpaired) electrons. The molecule has 0 bridgehead atoms. The molecule has 176 valence electrons. The maximum atomic E-state index is 13.7. The Hall–Kier alpha value is -4.80. The molecule has 5 aromatic rings. The first kappa shape index (κ1) is 21.7. The van der Waals surface area contributed by atoms with E-state index in [2.05, 4.69) is 20.9 Å². The highest BCUT2D eigenvalue weighted by Gasteiger charge is 2.25. The quantitative estimate of drug-likeness (QED) is 0.366. The Bertz CT molecular complexity index is 1740. The van der Waals surface area contributed by atoms with Crippen LogP contribution in [0.2, 0.25) is 0 Å². The monoisotopic (exact) mass is 476 g/mol. The number of imidazole rings is 2. The molecule has 1 aliphatic rings. The van der Waals surface area contributed by atoms with Crippen LogP contribution >= 0.6 is 0 Å². The maximum Gasteiger partial charge on any atom is 0.330 e. The van der Waals surface area contributed by atoms with Crippen molar-refractivity contribution < 1.29 is 4.74 Å². The van der Waals surface area contributed by atoms with Crippen molar-refractivity contribution in [2.75, 3.05) is 13.2 Å². The lowest BCUT2D eigenvalue weighted by molar-refractivity contribution is 0.0695. The Morgan fingerprint density at radius 1 is 1.11 bits per heavy atom. The number of ether oxygens (including phenoxy) is 1. The van der Waals surface area contributed by atoms with Gasteiger partial charge in [0.1, 0.15) is 11.8 Å². The first-order chi connectivity index (χ1) is 17.7. The van der Waals surface area contributed by atoms with Crippen LogP contribution in [0, 0.1) is 17.9 Å². The third-order valence-corrected chi connectivity index (χ3v) is 6.55. The fraction of sp³-hybridized carbons (Fsp3) is 0.231. The molecule has 0 amide bonds.